The summed E-state index contributed by atoms with van der Waals surface area (Å²) in [7, 11) is 1.74. The second kappa shape index (κ2) is 10.1. The Morgan fingerprint density at radius 2 is 2.09 bits per heavy atom. The fraction of sp³-hybridized carbons (Fsp3) is 0.500. The average Bonchev–Trinajstić information content (AvgIpc) is 3.41. The second-order valence-electron chi connectivity index (χ2n) is 8.05. The highest BCUT2D eigenvalue weighted by atomic mass is 16.5. The Morgan fingerprint density at radius 3 is 2.88 bits per heavy atom. The van der Waals surface area contributed by atoms with Gasteiger partial charge in [-0.25, -0.2) is 15.8 Å². The van der Waals surface area contributed by atoms with Crippen LogP contribution in [-0.4, -0.2) is 78.1 Å². The molecule has 1 fully saturated rings. The van der Waals surface area contributed by atoms with E-state index < -0.39 is 12.2 Å². The number of hydrogen-bond donors (Lipinski definition) is 3. The first kappa shape index (κ1) is 22.3. The Morgan fingerprint density at radius 1 is 1.28 bits per heavy atom. The van der Waals surface area contributed by atoms with Crippen LogP contribution in [0.15, 0.2) is 47.2 Å². The molecule has 4 rings (SSSR count). The minimum atomic E-state index is -0.750. The van der Waals surface area contributed by atoms with Gasteiger partial charge in [-0.15, -0.1) is 0 Å². The molecule has 1 saturated heterocycles. The molecule has 0 radical (unpaired) electrons. The van der Waals surface area contributed by atoms with Gasteiger partial charge in [0, 0.05) is 26.8 Å². The molecule has 0 bridgehead atoms. The predicted octanol–water partition coefficient (Wildman–Crippen LogP) is 0.165. The van der Waals surface area contributed by atoms with Crippen molar-refractivity contribution in [1.82, 2.24) is 31.1 Å². The van der Waals surface area contributed by atoms with Crippen LogP contribution < -0.4 is 16.2 Å². The number of nitrogens with zero attached hydrogens (tertiary/aromatic N) is 4. The first-order chi connectivity index (χ1) is 15.5. The number of likely N-dealkylation sites (N-methyl/N-ethyl adjacent to an activating group) is 1. The van der Waals surface area contributed by atoms with Crippen molar-refractivity contribution in [2.24, 2.45) is 4.99 Å². The van der Waals surface area contributed by atoms with Crippen molar-refractivity contribution in [2.45, 2.75) is 44.6 Å². The number of hydrogen-bond acceptors (Lipinski definition) is 8. The van der Waals surface area contributed by atoms with Crippen LogP contribution in [0.1, 0.15) is 25.3 Å². The van der Waals surface area contributed by atoms with Gasteiger partial charge < -0.3 is 10.1 Å². The SMILES string of the molecule is CCOCCC1C=C2N(CCC(NC(=O)C3N=CN(Cc4ccccc4)N3)C(=O)N2C)N1. The van der Waals surface area contributed by atoms with E-state index in [0.717, 1.165) is 17.8 Å². The molecule has 3 atom stereocenters. The minimum Gasteiger partial charge on any atom is -0.382 e. The maximum atomic E-state index is 13.0. The summed E-state index contributed by atoms with van der Waals surface area (Å²) in [4.78, 5) is 31.7. The Hall–Kier alpha value is -2.95. The molecule has 32 heavy (non-hydrogen) atoms. The van der Waals surface area contributed by atoms with Gasteiger partial charge in [0.15, 0.2) is 6.17 Å². The quantitative estimate of drug-likeness (QED) is 0.494. The Labute approximate surface area is 188 Å². The number of benzene rings is 1. The van der Waals surface area contributed by atoms with Crippen molar-refractivity contribution in [3.8, 4) is 0 Å². The third-order valence-corrected chi connectivity index (χ3v) is 5.74. The molecule has 3 unspecified atom stereocenters. The molecule has 3 heterocycles. The summed E-state index contributed by atoms with van der Waals surface area (Å²) >= 11 is 0. The van der Waals surface area contributed by atoms with Gasteiger partial charge in [0.2, 0.25) is 5.91 Å². The number of amides is 2. The van der Waals surface area contributed by atoms with Crippen LogP contribution in [0.3, 0.4) is 0 Å². The predicted molar refractivity (Wildman–Crippen MR) is 120 cm³/mol. The molecule has 3 N–H and O–H groups in total. The van der Waals surface area contributed by atoms with E-state index in [0.29, 0.717) is 32.7 Å². The van der Waals surface area contributed by atoms with Crippen LogP contribution in [0, 0.1) is 0 Å². The van der Waals surface area contributed by atoms with E-state index in [2.05, 4.69) is 21.2 Å². The van der Waals surface area contributed by atoms with Gasteiger partial charge in [-0.3, -0.25) is 24.5 Å². The first-order valence-electron chi connectivity index (χ1n) is 11.1. The Kier molecular flexibility index (Phi) is 7.03. The highest BCUT2D eigenvalue weighted by Gasteiger charge is 2.37. The molecule has 1 aromatic carbocycles. The zero-order valence-corrected chi connectivity index (χ0v) is 18.5. The van der Waals surface area contributed by atoms with Crippen LogP contribution in [0.25, 0.3) is 0 Å². The van der Waals surface area contributed by atoms with E-state index in [4.69, 9.17) is 4.74 Å². The smallest absolute Gasteiger partial charge is 0.261 e. The lowest BCUT2D eigenvalue weighted by atomic mass is 10.1. The van der Waals surface area contributed by atoms with Gasteiger partial charge in [-0.2, -0.15) is 0 Å². The molecule has 2 amide bonds. The third-order valence-electron chi connectivity index (χ3n) is 5.74. The van der Waals surface area contributed by atoms with Crippen LogP contribution in [0.4, 0.5) is 0 Å². The summed E-state index contributed by atoms with van der Waals surface area (Å²) < 4.78 is 5.44. The molecule has 0 aromatic heterocycles. The number of fused-ring (bicyclic) bond motifs is 1. The molecule has 10 heteroatoms. The van der Waals surface area contributed by atoms with Gasteiger partial charge >= 0.3 is 0 Å². The Balaban J connectivity index is 1.31. The number of aliphatic imine (C=N–C) groups is 1. The minimum absolute atomic E-state index is 0.130. The number of ether oxygens (including phenoxy) is 1. The second-order valence-corrected chi connectivity index (χ2v) is 8.05. The number of rotatable bonds is 8. The number of nitrogens with one attached hydrogen (secondary N) is 3. The molecular formula is C22H31N7O3. The van der Waals surface area contributed by atoms with Gasteiger partial charge in [-0.05, 0) is 31.4 Å². The van der Waals surface area contributed by atoms with Crippen molar-refractivity contribution >= 4 is 18.2 Å². The highest BCUT2D eigenvalue weighted by molar-refractivity contribution is 5.91. The lowest BCUT2D eigenvalue weighted by Gasteiger charge is -2.25. The maximum absolute atomic E-state index is 13.0. The van der Waals surface area contributed by atoms with Crippen molar-refractivity contribution in [2.75, 3.05) is 26.8 Å². The largest absolute Gasteiger partial charge is 0.382 e. The van der Waals surface area contributed by atoms with Crippen molar-refractivity contribution in [1.29, 1.82) is 0 Å². The van der Waals surface area contributed by atoms with Gasteiger partial charge in [0.25, 0.3) is 5.91 Å². The summed E-state index contributed by atoms with van der Waals surface area (Å²) in [5.41, 5.74) is 7.59. The zero-order valence-electron chi connectivity index (χ0n) is 18.5. The van der Waals surface area contributed by atoms with Gasteiger partial charge in [0.1, 0.15) is 18.2 Å². The summed E-state index contributed by atoms with van der Waals surface area (Å²) in [6.07, 6.45) is 4.25. The van der Waals surface area contributed by atoms with Crippen LogP contribution in [-0.2, 0) is 20.9 Å². The average molecular weight is 442 g/mol. The molecule has 0 spiro atoms. The Bertz CT molecular complexity index is 876. The number of carbonyl (C=O) groups is 2. The normalized spacial score (nSPS) is 25.1. The molecule has 0 aliphatic carbocycles. The summed E-state index contributed by atoms with van der Waals surface area (Å²) in [6.45, 7) is 4.54. The topological polar surface area (TPSA) is 102 Å². The molecule has 1 aromatic rings. The molecule has 172 valence electrons. The molecule has 3 aliphatic heterocycles. The molecule has 10 nitrogen and oxygen atoms in total. The number of hydrazine groups is 2. The van der Waals surface area contributed by atoms with E-state index >= 15 is 0 Å². The molecular weight excluding hydrogens is 410 g/mol. The zero-order chi connectivity index (χ0) is 22.5. The van der Waals surface area contributed by atoms with E-state index in [1.54, 1.807) is 23.3 Å². The van der Waals surface area contributed by atoms with Gasteiger partial charge in [0.05, 0.1) is 12.6 Å². The molecule has 0 saturated carbocycles. The summed E-state index contributed by atoms with van der Waals surface area (Å²) in [5, 5.41) is 6.63. The van der Waals surface area contributed by atoms with Crippen molar-refractivity contribution in [3.05, 3.63) is 47.8 Å². The van der Waals surface area contributed by atoms with E-state index in [-0.39, 0.29) is 17.9 Å². The maximum Gasteiger partial charge on any atom is 0.261 e. The summed E-state index contributed by atoms with van der Waals surface area (Å²) in [6, 6.07) is 9.45. The highest BCUT2D eigenvalue weighted by Crippen LogP contribution is 2.22. The number of carbonyl (C=O) groups excluding carboxylic acids is 2. The standard InChI is InChI=1S/C22H31N7O3/c1-3-32-12-10-17-13-19-27(2)22(31)18(9-11-29(19)25-17)24-21(30)20-23-15-28(26-20)14-16-7-5-4-6-8-16/h4-8,13,15,17-18,20,25-26H,3,9-12,14H2,1-2H3,(H,24,30). The van der Waals surface area contributed by atoms with Crippen LogP contribution >= 0.6 is 0 Å². The van der Waals surface area contributed by atoms with E-state index in [1.165, 1.54) is 0 Å². The van der Waals surface area contributed by atoms with E-state index in [1.807, 2.05) is 48.3 Å². The fourth-order valence-corrected chi connectivity index (χ4v) is 4.02. The van der Waals surface area contributed by atoms with Crippen LogP contribution in [0.5, 0.6) is 0 Å². The molecule has 3 aliphatic rings. The first-order valence-corrected chi connectivity index (χ1v) is 11.1. The van der Waals surface area contributed by atoms with Crippen molar-refractivity contribution in [3.63, 3.8) is 0 Å². The lowest BCUT2D eigenvalue weighted by Crippen LogP contribution is -2.52. The van der Waals surface area contributed by atoms with Crippen LogP contribution in [0.2, 0.25) is 0 Å². The van der Waals surface area contributed by atoms with E-state index in [9.17, 15) is 9.59 Å². The lowest BCUT2D eigenvalue weighted by molar-refractivity contribution is -0.134. The summed E-state index contributed by atoms with van der Waals surface area (Å²) in [5.74, 6) is 0.365. The third kappa shape index (κ3) is 5.09. The fourth-order valence-electron chi connectivity index (χ4n) is 4.02. The monoisotopic (exact) mass is 441 g/mol. The van der Waals surface area contributed by atoms with Crippen molar-refractivity contribution < 1.29 is 14.3 Å². The van der Waals surface area contributed by atoms with Gasteiger partial charge in [-0.1, -0.05) is 30.3 Å².